The fraction of sp³-hybridized carbons (Fsp3) is 0.167. The molecule has 0 amide bonds. The van der Waals surface area contributed by atoms with Crippen LogP contribution in [0.5, 0.6) is 0 Å². The smallest absolute Gasteiger partial charge is 0.338 e. The normalized spacial score (nSPS) is 15.2. The monoisotopic (exact) mass is 262 g/mol. The van der Waals surface area contributed by atoms with Gasteiger partial charge in [0.15, 0.2) is 0 Å². The van der Waals surface area contributed by atoms with E-state index in [9.17, 15) is 4.79 Å². The Bertz CT molecular complexity index is 810. The summed E-state index contributed by atoms with van der Waals surface area (Å²) in [4.78, 5) is 12.0. The predicted molar refractivity (Wildman–Crippen MR) is 80.6 cm³/mol. The molecule has 0 aliphatic heterocycles. The Morgan fingerprint density at radius 3 is 2.90 bits per heavy atom. The molecule has 0 atom stereocenters. The highest BCUT2D eigenvalue weighted by Crippen LogP contribution is 2.41. The summed E-state index contributed by atoms with van der Waals surface area (Å²) < 4.78 is 4.91. The molecule has 2 aliphatic rings. The third-order valence-corrected chi connectivity index (χ3v) is 4.23. The number of benzene rings is 2. The van der Waals surface area contributed by atoms with Crippen molar-refractivity contribution in [3.05, 3.63) is 58.7 Å². The molecule has 0 unspecified atom stereocenters. The van der Waals surface area contributed by atoms with Crippen LogP contribution in [0.4, 0.5) is 0 Å². The van der Waals surface area contributed by atoms with Crippen LogP contribution in [0.25, 0.3) is 22.4 Å². The van der Waals surface area contributed by atoms with Crippen LogP contribution in [0.3, 0.4) is 0 Å². The predicted octanol–water partition coefficient (Wildman–Crippen LogP) is 3.98. The summed E-state index contributed by atoms with van der Waals surface area (Å²) in [5, 5.41) is 2.24. The fourth-order valence-electron chi connectivity index (χ4n) is 3.31. The van der Waals surface area contributed by atoms with Gasteiger partial charge in [-0.25, -0.2) is 4.79 Å². The fourth-order valence-corrected chi connectivity index (χ4v) is 3.31. The van der Waals surface area contributed by atoms with Gasteiger partial charge in [0, 0.05) is 0 Å². The van der Waals surface area contributed by atoms with E-state index < -0.39 is 0 Å². The van der Waals surface area contributed by atoms with Crippen LogP contribution >= 0.6 is 0 Å². The van der Waals surface area contributed by atoms with Gasteiger partial charge in [-0.15, -0.1) is 0 Å². The van der Waals surface area contributed by atoms with Crippen molar-refractivity contribution in [3.63, 3.8) is 0 Å². The standard InChI is InChI=1S/C18H14O2/c1-20-18(19)15-10-8-13-6-5-11-3-2-4-12-7-9-14(15)17(13)16(11)12/h2,4-5,7-10H,3,6H2,1H3. The van der Waals surface area contributed by atoms with Crippen molar-refractivity contribution in [2.75, 3.05) is 7.11 Å². The summed E-state index contributed by atoms with van der Waals surface area (Å²) in [6.07, 6.45) is 8.61. The quantitative estimate of drug-likeness (QED) is 0.726. The molecule has 98 valence electrons. The minimum atomic E-state index is -0.265. The van der Waals surface area contributed by atoms with Gasteiger partial charge < -0.3 is 4.74 Å². The van der Waals surface area contributed by atoms with Crippen LogP contribution < -0.4 is 0 Å². The van der Waals surface area contributed by atoms with Crippen molar-refractivity contribution in [1.82, 2.24) is 0 Å². The first-order valence-corrected chi connectivity index (χ1v) is 6.82. The summed E-state index contributed by atoms with van der Waals surface area (Å²) in [6.45, 7) is 0. The molecule has 0 saturated carbocycles. The van der Waals surface area contributed by atoms with E-state index in [-0.39, 0.29) is 5.97 Å². The lowest BCUT2D eigenvalue weighted by Gasteiger charge is -2.24. The van der Waals surface area contributed by atoms with E-state index in [2.05, 4.69) is 30.4 Å². The third-order valence-electron chi connectivity index (χ3n) is 4.23. The summed E-state index contributed by atoms with van der Waals surface area (Å²) in [5.74, 6) is -0.265. The number of methoxy groups -OCH3 is 1. The van der Waals surface area contributed by atoms with E-state index in [1.807, 2.05) is 12.1 Å². The molecule has 0 radical (unpaired) electrons. The van der Waals surface area contributed by atoms with E-state index in [1.165, 1.54) is 34.8 Å². The molecule has 2 aromatic rings. The summed E-state index contributed by atoms with van der Waals surface area (Å²) in [7, 11) is 1.43. The molecular weight excluding hydrogens is 248 g/mol. The van der Waals surface area contributed by atoms with Gasteiger partial charge >= 0.3 is 5.97 Å². The maximum absolute atomic E-state index is 12.0. The molecule has 0 heterocycles. The number of hydrogen-bond acceptors (Lipinski definition) is 2. The van der Waals surface area contributed by atoms with Crippen LogP contribution in [0.15, 0.2) is 36.4 Å². The average Bonchev–Trinajstić information content (AvgIpc) is 2.51. The first kappa shape index (κ1) is 11.5. The van der Waals surface area contributed by atoms with Crippen LogP contribution in [0.2, 0.25) is 0 Å². The summed E-state index contributed by atoms with van der Waals surface area (Å²) in [5.41, 5.74) is 5.88. The van der Waals surface area contributed by atoms with Crippen molar-refractivity contribution < 1.29 is 9.53 Å². The first-order chi connectivity index (χ1) is 9.79. The van der Waals surface area contributed by atoms with Crippen molar-refractivity contribution in [3.8, 4) is 0 Å². The highest BCUT2D eigenvalue weighted by Gasteiger charge is 2.22. The molecule has 4 rings (SSSR count). The zero-order valence-electron chi connectivity index (χ0n) is 11.3. The van der Waals surface area contributed by atoms with E-state index in [1.54, 1.807) is 0 Å². The average molecular weight is 262 g/mol. The van der Waals surface area contributed by atoms with Gasteiger partial charge in [0.2, 0.25) is 0 Å². The van der Waals surface area contributed by atoms with Gasteiger partial charge in [0.25, 0.3) is 0 Å². The van der Waals surface area contributed by atoms with Gasteiger partial charge in [-0.05, 0) is 51.9 Å². The minimum Gasteiger partial charge on any atom is -0.465 e. The molecule has 0 saturated heterocycles. The molecule has 0 bridgehead atoms. The Balaban J connectivity index is 2.14. The molecular formula is C18H14O2. The van der Waals surface area contributed by atoms with Gasteiger partial charge in [0.05, 0.1) is 12.7 Å². The number of rotatable bonds is 1. The number of carbonyl (C=O) groups is 1. The van der Waals surface area contributed by atoms with Crippen molar-refractivity contribution in [1.29, 1.82) is 0 Å². The van der Waals surface area contributed by atoms with Gasteiger partial charge in [-0.2, -0.15) is 0 Å². The van der Waals surface area contributed by atoms with E-state index >= 15 is 0 Å². The highest BCUT2D eigenvalue weighted by atomic mass is 16.5. The second-order valence-electron chi connectivity index (χ2n) is 5.26. The molecule has 2 heteroatoms. The maximum Gasteiger partial charge on any atom is 0.338 e. The second kappa shape index (κ2) is 4.07. The molecule has 0 fully saturated rings. The topological polar surface area (TPSA) is 26.3 Å². The largest absolute Gasteiger partial charge is 0.465 e. The van der Waals surface area contributed by atoms with Crippen molar-refractivity contribution >= 4 is 28.4 Å². The number of allylic oxidation sites excluding steroid dienone is 3. The number of carbonyl (C=O) groups excluding carboxylic acids is 1. The van der Waals surface area contributed by atoms with Crippen LogP contribution in [-0.2, 0) is 11.2 Å². The Hall–Kier alpha value is -2.35. The van der Waals surface area contributed by atoms with E-state index in [4.69, 9.17) is 4.74 Å². The molecule has 0 spiro atoms. The zero-order valence-corrected chi connectivity index (χ0v) is 11.3. The second-order valence-corrected chi connectivity index (χ2v) is 5.26. The molecule has 0 aromatic heterocycles. The molecule has 20 heavy (non-hydrogen) atoms. The van der Waals surface area contributed by atoms with Gasteiger partial charge in [-0.3, -0.25) is 0 Å². The maximum atomic E-state index is 12.0. The number of esters is 1. The SMILES string of the molecule is COC(=O)c1ccc2c3c4c(ccc13)C=CCC4=CC2. The molecule has 0 N–H and O–H groups in total. The molecule has 2 aliphatic carbocycles. The van der Waals surface area contributed by atoms with Crippen molar-refractivity contribution in [2.45, 2.75) is 12.8 Å². The van der Waals surface area contributed by atoms with Gasteiger partial charge in [-0.1, -0.05) is 36.4 Å². The van der Waals surface area contributed by atoms with E-state index in [0.29, 0.717) is 5.56 Å². The molecule has 2 nitrogen and oxygen atoms in total. The number of ether oxygens (including phenoxy) is 1. The van der Waals surface area contributed by atoms with Gasteiger partial charge in [0.1, 0.15) is 0 Å². The Morgan fingerprint density at radius 1 is 1.15 bits per heavy atom. The van der Waals surface area contributed by atoms with Crippen LogP contribution in [0, 0.1) is 0 Å². The lowest BCUT2D eigenvalue weighted by Crippen LogP contribution is -2.07. The Morgan fingerprint density at radius 2 is 2.05 bits per heavy atom. The Labute approximate surface area is 117 Å². The van der Waals surface area contributed by atoms with Crippen molar-refractivity contribution in [2.24, 2.45) is 0 Å². The Kier molecular flexibility index (Phi) is 2.34. The third kappa shape index (κ3) is 1.42. The van der Waals surface area contributed by atoms with Crippen LogP contribution in [0.1, 0.15) is 33.5 Å². The minimum absolute atomic E-state index is 0.265. The number of hydrogen-bond donors (Lipinski definition) is 0. The lowest BCUT2D eigenvalue weighted by molar-refractivity contribution is 0.0603. The highest BCUT2D eigenvalue weighted by molar-refractivity contribution is 6.11. The zero-order chi connectivity index (χ0) is 13.7. The first-order valence-electron chi connectivity index (χ1n) is 6.82. The summed E-state index contributed by atoms with van der Waals surface area (Å²) in [6, 6.07) is 8.08. The van der Waals surface area contributed by atoms with Crippen LogP contribution in [-0.4, -0.2) is 13.1 Å². The molecule has 2 aromatic carbocycles. The summed E-state index contributed by atoms with van der Waals surface area (Å²) >= 11 is 0. The lowest BCUT2D eigenvalue weighted by atomic mass is 9.80. The van der Waals surface area contributed by atoms with E-state index in [0.717, 1.165) is 18.2 Å².